The molecule has 3 nitrogen and oxygen atoms in total. The van der Waals surface area contributed by atoms with Crippen LogP contribution in [-0.2, 0) is 4.79 Å². The highest BCUT2D eigenvalue weighted by atomic mass is 79.9. The lowest BCUT2D eigenvalue weighted by Gasteiger charge is -2.09. The highest BCUT2D eigenvalue weighted by Gasteiger charge is 2.14. The van der Waals surface area contributed by atoms with E-state index in [1.54, 1.807) is 24.9 Å². The summed E-state index contributed by atoms with van der Waals surface area (Å²) >= 11 is 4.54. The number of carbonyl (C=O) groups excluding carboxylic acids is 1. The molecule has 30 heavy (non-hydrogen) atoms. The molecule has 162 valence electrons. The molecule has 0 fully saturated rings. The minimum absolute atomic E-state index is 0.0671. The van der Waals surface area contributed by atoms with Gasteiger partial charge in [-0.1, -0.05) is 58.3 Å². The maximum atomic E-state index is 12.0. The largest absolute Gasteiger partial charge is 0.330 e. The minimum Gasteiger partial charge on any atom is -0.330 e. The molecule has 0 spiro atoms. The second-order valence-corrected chi connectivity index (χ2v) is 7.86. The number of hydrogen-bond donors (Lipinski definition) is 1. The molecule has 1 heterocycles. The third-order valence-electron chi connectivity index (χ3n) is 3.36. The smallest absolute Gasteiger partial charge is 0.281 e. The Morgan fingerprint density at radius 1 is 1.40 bits per heavy atom. The Bertz CT molecular complexity index is 859. The topological polar surface area (TPSA) is 42.0 Å². The van der Waals surface area contributed by atoms with E-state index in [9.17, 15) is 13.6 Å². The fourth-order valence-corrected chi connectivity index (χ4v) is 3.23. The lowest BCUT2D eigenvalue weighted by molar-refractivity contribution is -0.118. The third-order valence-corrected chi connectivity index (χ3v) is 4.56. The summed E-state index contributed by atoms with van der Waals surface area (Å²) in [7, 11) is 0. The number of rotatable bonds is 8. The monoisotopic (exact) mass is 496 g/mol. The molecule has 0 saturated carbocycles. The van der Waals surface area contributed by atoms with Gasteiger partial charge < -0.3 is 5.32 Å². The summed E-state index contributed by atoms with van der Waals surface area (Å²) in [5, 5.41) is 3.55. The zero-order chi connectivity index (χ0) is 22.9. The molecule has 0 radical (unpaired) electrons. The molecule has 1 N–H and O–H groups in total. The van der Waals surface area contributed by atoms with Gasteiger partial charge >= 0.3 is 0 Å². The average molecular weight is 497 g/mol. The third kappa shape index (κ3) is 13.0. The normalized spacial score (nSPS) is 12.5. The van der Waals surface area contributed by atoms with E-state index >= 15 is 0 Å². The van der Waals surface area contributed by atoms with Crippen molar-refractivity contribution in [1.82, 2.24) is 10.3 Å². The van der Waals surface area contributed by atoms with Crippen LogP contribution in [0.5, 0.6) is 0 Å². The number of carbonyl (C=O) groups is 1. The first-order valence-electron chi connectivity index (χ1n) is 9.13. The molecule has 0 aliphatic rings. The Morgan fingerprint density at radius 2 is 2.10 bits per heavy atom. The Hall–Kier alpha value is -2.30. The van der Waals surface area contributed by atoms with Crippen LogP contribution < -0.4 is 5.32 Å². The highest BCUT2D eigenvalue weighted by molar-refractivity contribution is 9.11. The molecule has 0 bridgehead atoms. The molecule has 1 amide bonds. The van der Waals surface area contributed by atoms with Crippen molar-refractivity contribution in [1.29, 1.82) is 0 Å². The number of hydrogen-bond acceptors (Lipinski definition) is 3. The van der Waals surface area contributed by atoms with Crippen molar-refractivity contribution in [3.8, 4) is 12.3 Å². The number of aromatic nitrogens is 1. The van der Waals surface area contributed by atoms with Gasteiger partial charge in [-0.3, -0.25) is 4.79 Å². The number of alkyl halides is 2. The van der Waals surface area contributed by atoms with Gasteiger partial charge in [-0.05, 0) is 43.8 Å². The maximum Gasteiger partial charge on any atom is 0.281 e. The predicted octanol–water partition coefficient (Wildman–Crippen LogP) is 7.08. The van der Waals surface area contributed by atoms with Crippen molar-refractivity contribution in [3.05, 3.63) is 74.4 Å². The van der Waals surface area contributed by atoms with Gasteiger partial charge in [0.25, 0.3) is 6.43 Å². The van der Waals surface area contributed by atoms with Crippen molar-refractivity contribution < 1.29 is 13.6 Å². The second-order valence-electron chi connectivity index (χ2n) is 5.93. The van der Waals surface area contributed by atoms with Gasteiger partial charge in [0.2, 0.25) is 5.91 Å². The van der Waals surface area contributed by atoms with E-state index < -0.39 is 6.43 Å². The van der Waals surface area contributed by atoms with Crippen LogP contribution in [0.25, 0.3) is 0 Å². The van der Waals surface area contributed by atoms with Gasteiger partial charge in [-0.15, -0.1) is 17.8 Å². The van der Waals surface area contributed by atoms with Crippen molar-refractivity contribution in [2.75, 3.05) is 0 Å². The molecule has 0 aliphatic carbocycles. The van der Waals surface area contributed by atoms with E-state index in [0.717, 1.165) is 11.3 Å². The lowest BCUT2D eigenvalue weighted by atomic mass is 10.1. The number of halogens is 3. The van der Waals surface area contributed by atoms with Gasteiger partial charge in [0.1, 0.15) is 5.69 Å². The Labute approximate surface area is 190 Å². The summed E-state index contributed by atoms with van der Waals surface area (Å²) in [5.41, 5.74) is 1.90. The van der Waals surface area contributed by atoms with E-state index in [2.05, 4.69) is 32.2 Å². The van der Waals surface area contributed by atoms with Gasteiger partial charge in [-0.25, -0.2) is 13.8 Å². The summed E-state index contributed by atoms with van der Waals surface area (Å²) in [6.45, 7) is 6.85. The fraction of sp³-hybridized carbons (Fsp3) is 0.304. The van der Waals surface area contributed by atoms with E-state index in [-0.39, 0.29) is 11.6 Å². The highest BCUT2D eigenvalue weighted by Crippen LogP contribution is 2.25. The lowest BCUT2D eigenvalue weighted by Crippen LogP contribution is -2.19. The Kier molecular flexibility index (Phi) is 15.2. The van der Waals surface area contributed by atoms with E-state index in [0.29, 0.717) is 22.7 Å². The Morgan fingerprint density at radius 3 is 2.53 bits per heavy atom. The molecule has 0 aliphatic heterocycles. The zero-order valence-electron chi connectivity index (χ0n) is 17.6. The van der Waals surface area contributed by atoms with Gasteiger partial charge in [0, 0.05) is 23.9 Å². The molecule has 1 rings (SSSR count). The van der Waals surface area contributed by atoms with Gasteiger partial charge in [-0.2, -0.15) is 0 Å². The van der Waals surface area contributed by atoms with Crippen LogP contribution in [0.15, 0.2) is 58.8 Å². The van der Waals surface area contributed by atoms with E-state index in [1.165, 1.54) is 18.3 Å². The summed E-state index contributed by atoms with van der Waals surface area (Å²) in [5.74, 6) is 2.36. The number of aryl methyl sites for hydroxylation is 2. The number of nitrogens with one attached hydrogen (secondary N) is 1. The summed E-state index contributed by atoms with van der Waals surface area (Å²) in [6, 6.07) is 0. The average Bonchev–Trinajstić information content (AvgIpc) is 3.02. The second kappa shape index (κ2) is 16.5. The number of nitrogens with zero attached hydrogens (tertiary/aromatic N) is 1. The van der Waals surface area contributed by atoms with Crippen molar-refractivity contribution in [2.45, 2.75) is 47.0 Å². The molecular weight excluding hydrogens is 470 g/mol. The first kappa shape index (κ1) is 27.7. The first-order valence-corrected chi connectivity index (χ1v) is 10.9. The standard InChI is InChI=1S/C17H20BrNO.C6H7F2NS/c1-4-6-7-8-12-17(19-15(3)20)14-16(10-5-2)11-9-13-18;1-3-5(6(7)8)9-4(2)10-3/h1,5-7,9-13H,8,14H2,2-3H3,(H,19,20);6H,1-2H3/b7-6-,10-5-,13-9+,16-11+,17-12+;. The molecule has 0 saturated heterocycles. The van der Waals surface area contributed by atoms with Gasteiger partial charge in [0.15, 0.2) is 0 Å². The molecule has 0 aromatic carbocycles. The van der Waals surface area contributed by atoms with Crippen LogP contribution in [0.3, 0.4) is 0 Å². The predicted molar refractivity (Wildman–Crippen MR) is 127 cm³/mol. The SMILES string of the molecule is C#C/C=C\C/C=C(\CC(/C=C\C)=C/C=C/Br)NC(C)=O.Cc1nc(C(F)F)c(C)s1. The molecule has 7 heteroatoms. The van der Waals surface area contributed by atoms with Crippen molar-refractivity contribution >= 4 is 33.2 Å². The van der Waals surface area contributed by atoms with Crippen LogP contribution in [0.1, 0.15) is 48.7 Å². The van der Waals surface area contributed by atoms with Crippen LogP contribution in [0.4, 0.5) is 8.78 Å². The van der Waals surface area contributed by atoms with Crippen molar-refractivity contribution in [3.63, 3.8) is 0 Å². The summed E-state index contributed by atoms with van der Waals surface area (Å²) in [4.78, 5) is 17.3. The molecule has 1 aromatic heterocycles. The maximum absolute atomic E-state index is 12.0. The summed E-state index contributed by atoms with van der Waals surface area (Å²) < 4.78 is 24.0. The van der Waals surface area contributed by atoms with Crippen molar-refractivity contribution in [2.24, 2.45) is 0 Å². The number of amides is 1. The molecule has 0 unspecified atom stereocenters. The number of terminal acetylenes is 1. The molecule has 0 atom stereocenters. The molecule has 1 aromatic rings. The van der Waals surface area contributed by atoms with E-state index in [4.69, 9.17) is 6.42 Å². The van der Waals surface area contributed by atoms with Crippen LogP contribution in [0, 0.1) is 26.2 Å². The molecular formula is C23H27BrF2N2OS. The minimum atomic E-state index is -2.43. The van der Waals surface area contributed by atoms with E-state index in [1.807, 2.05) is 43.4 Å². The van der Waals surface area contributed by atoms with Crippen LogP contribution in [-0.4, -0.2) is 10.9 Å². The first-order chi connectivity index (χ1) is 14.2. The number of allylic oxidation sites excluding steroid dienone is 8. The quantitative estimate of drug-likeness (QED) is 0.308. The summed E-state index contributed by atoms with van der Waals surface area (Å²) in [6.07, 6.45) is 17.4. The van der Waals surface area contributed by atoms with Crippen LogP contribution >= 0.6 is 27.3 Å². The fourth-order valence-electron chi connectivity index (χ4n) is 2.25. The van der Waals surface area contributed by atoms with Crippen LogP contribution in [0.2, 0.25) is 0 Å². The number of thiazole rings is 1. The zero-order valence-corrected chi connectivity index (χ0v) is 20.0. The Balaban J connectivity index is 0.000000696. The van der Waals surface area contributed by atoms with Gasteiger partial charge in [0.05, 0.1) is 5.01 Å².